The summed E-state index contributed by atoms with van der Waals surface area (Å²) in [6.07, 6.45) is 2.42. The van der Waals surface area contributed by atoms with Crippen LogP contribution in [0, 0.1) is 0 Å². The van der Waals surface area contributed by atoms with Gasteiger partial charge in [-0.3, -0.25) is 14.9 Å². The molecule has 7 nitrogen and oxygen atoms in total. The highest BCUT2D eigenvalue weighted by Crippen LogP contribution is 2.29. The molecule has 0 saturated heterocycles. The van der Waals surface area contributed by atoms with E-state index < -0.39 is 0 Å². The maximum Gasteiger partial charge on any atom is 0.258 e. The molecule has 0 saturated carbocycles. The first-order chi connectivity index (χ1) is 15.3. The van der Waals surface area contributed by atoms with Gasteiger partial charge in [0.1, 0.15) is 0 Å². The second-order valence-corrected chi connectivity index (χ2v) is 8.82. The van der Waals surface area contributed by atoms with E-state index in [1.807, 2.05) is 38.1 Å². The summed E-state index contributed by atoms with van der Waals surface area (Å²) in [4.78, 5) is 29.7. The summed E-state index contributed by atoms with van der Waals surface area (Å²) in [5.41, 5.74) is 1.45. The maximum absolute atomic E-state index is 12.7. The van der Waals surface area contributed by atoms with Gasteiger partial charge in [-0.25, -0.2) is 4.98 Å². The SMILES string of the molecule is COc1cc(C(=O)Nc2ncc(Cc3cccc(Cl)c3)s2)ccc1OCC(=O)NC(C)C. The molecule has 0 radical (unpaired) electrons. The molecular formula is C23H24ClN3O4S. The third-order valence-electron chi connectivity index (χ3n) is 4.28. The van der Waals surface area contributed by atoms with Crippen LogP contribution < -0.4 is 20.1 Å². The highest BCUT2D eigenvalue weighted by Gasteiger charge is 2.14. The third-order valence-corrected chi connectivity index (χ3v) is 5.42. The zero-order valence-electron chi connectivity index (χ0n) is 18.0. The van der Waals surface area contributed by atoms with Crippen LogP contribution in [0.2, 0.25) is 5.02 Å². The molecule has 9 heteroatoms. The molecule has 0 fully saturated rings. The number of hydrogen-bond acceptors (Lipinski definition) is 6. The van der Waals surface area contributed by atoms with Crippen LogP contribution in [0.3, 0.4) is 0 Å². The van der Waals surface area contributed by atoms with Crippen LogP contribution >= 0.6 is 22.9 Å². The number of halogens is 1. The van der Waals surface area contributed by atoms with Crippen molar-refractivity contribution in [3.63, 3.8) is 0 Å². The van der Waals surface area contributed by atoms with E-state index in [4.69, 9.17) is 21.1 Å². The lowest BCUT2D eigenvalue weighted by molar-refractivity contribution is -0.123. The van der Waals surface area contributed by atoms with E-state index in [-0.39, 0.29) is 24.5 Å². The Morgan fingerprint density at radius 3 is 2.69 bits per heavy atom. The van der Waals surface area contributed by atoms with Gasteiger partial charge in [0.15, 0.2) is 23.2 Å². The number of ether oxygens (including phenoxy) is 2. The second-order valence-electron chi connectivity index (χ2n) is 7.27. The van der Waals surface area contributed by atoms with Gasteiger partial charge in [-0.2, -0.15) is 0 Å². The summed E-state index contributed by atoms with van der Waals surface area (Å²) in [5.74, 6) is 0.175. The summed E-state index contributed by atoms with van der Waals surface area (Å²) in [5, 5.41) is 6.73. The molecule has 2 N–H and O–H groups in total. The first-order valence-corrected chi connectivity index (χ1v) is 11.1. The molecule has 3 aromatic rings. The molecule has 168 valence electrons. The van der Waals surface area contributed by atoms with Gasteiger partial charge in [0.2, 0.25) is 0 Å². The number of anilines is 1. The molecule has 2 amide bonds. The van der Waals surface area contributed by atoms with E-state index in [9.17, 15) is 9.59 Å². The predicted octanol–water partition coefficient (Wildman–Crippen LogP) is 4.55. The van der Waals surface area contributed by atoms with Gasteiger partial charge in [0.05, 0.1) is 7.11 Å². The Kier molecular flexibility index (Phi) is 8.08. The minimum Gasteiger partial charge on any atom is -0.493 e. The quantitative estimate of drug-likeness (QED) is 0.475. The highest BCUT2D eigenvalue weighted by atomic mass is 35.5. The van der Waals surface area contributed by atoms with Crippen LogP contribution in [0.25, 0.3) is 0 Å². The lowest BCUT2D eigenvalue weighted by Crippen LogP contribution is -2.34. The average molecular weight is 474 g/mol. The van der Waals surface area contributed by atoms with Gasteiger partial charge >= 0.3 is 0 Å². The number of thiazole rings is 1. The molecule has 0 spiro atoms. The molecule has 32 heavy (non-hydrogen) atoms. The van der Waals surface area contributed by atoms with Crippen LogP contribution in [-0.4, -0.2) is 36.6 Å². The van der Waals surface area contributed by atoms with Crippen molar-refractivity contribution in [2.75, 3.05) is 19.0 Å². The lowest BCUT2D eigenvalue weighted by Gasteiger charge is -2.13. The fourth-order valence-corrected chi connectivity index (χ4v) is 3.95. The van der Waals surface area contributed by atoms with Gasteiger partial charge in [-0.05, 0) is 49.7 Å². The van der Waals surface area contributed by atoms with Crippen LogP contribution in [0.5, 0.6) is 11.5 Å². The first-order valence-electron chi connectivity index (χ1n) is 9.94. The minimum absolute atomic E-state index is 0.0240. The summed E-state index contributed by atoms with van der Waals surface area (Å²) < 4.78 is 10.8. The Morgan fingerprint density at radius 1 is 1.16 bits per heavy atom. The molecular weight excluding hydrogens is 450 g/mol. The summed E-state index contributed by atoms with van der Waals surface area (Å²) >= 11 is 7.43. The standard InChI is InChI=1S/C23H24ClN3O4S/c1-14(2)26-21(28)13-31-19-8-7-16(11-20(19)30-3)22(29)27-23-25-12-18(32-23)10-15-5-4-6-17(24)9-15/h4-9,11-12,14H,10,13H2,1-3H3,(H,26,28)(H,25,27,29). The number of nitrogens with zero attached hydrogens (tertiary/aromatic N) is 1. The van der Waals surface area contributed by atoms with Crippen LogP contribution in [-0.2, 0) is 11.2 Å². The molecule has 0 atom stereocenters. The fourth-order valence-electron chi connectivity index (χ4n) is 2.90. The molecule has 0 aliphatic carbocycles. The summed E-state index contributed by atoms with van der Waals surface area (Å²) in [6, 6.07) is 12.4. The second kappa shape index (κ2) is 11.0. The fraction of sp³-hybridized carbons (Fsp3) is 0.261. The number of carbonyl (C=O) groups is 2. The number of nitrogens with one attached hydrogen (secondary N) is 2. The molecule has 0 unspecified atom stereocenters. The zero-order valence-corrected chi connectivity index (χ0v) is 19.5. The van der Waals surface area contributed by atoms with Crippen LogP contribution in [0.15, 0.2) is 48.7 Å². The number of aromatic nitrogens is 1. The smallest absolute Gasteiger partial charge is 0.258 e. The monoisotopic (exact) mass is 473 g/mol. The Morgan fingerprint density at radius 2 is 1.97 bits per heavy atom. The number of rotatable bonds is 9. The predicted molar refractivity (Wildman–Crippen MR) is 126 cm³/mol. The van der Waals surface area contributed by atoms with Gasteiger partial charge in [-0.1, -0.05) is 23.7 Å². The topological polar surface area (TPSA) is 89.6 Å². The van der Waals surface area contributed by atoms with Crippen molar-refractivity contribution < 1.29 is 19.1 Å². The number of amides is 2. The van der Waals surface area contributed by atoms with Crippen molar-refractivity contribution in [3.05, 3.63) is 69.7 Å². The number of methoxy groups -OCH3 is 1. The highest BCUT2D eigenvalue weighted by molar-refractivity contribution is 7.15. The molecule has 3 rings (SSSR count). The number of benzene rings is 2. The number of carbonyl (C=O) groups excluding carboxylic acids is 2. The van der Waals surface area contributed by atoms with Crippen molar-refractivity contribution in [2.24, 2.45) is 0 Å². The van der Waals surface area contributed by atoms with Gasteiger partial charge in [0.25, 0.3) is 11.8 Å². The van der Waals surface area contributed by atoms with E-state index in [1.54, 1.807) is 24.4 Å². The summed E-state index contributed by atoms with van der Waals surface area (Å²) in [7, 11) is 1.47. The van der Waals surface area contributed by atoms with E-state index >= 15 is 0 Å². The average Bonchev–Trinajstić information content (AvgIpc) is 3.18. The van der Waals surface area contributed by atoms with E-state index in [0.29, 0.717) is 33.6 Å². The normalized spacial score (nSPS) is 10.7. The molecule has 2 aromatic carbocycles. The van der Waals surface area contributed by atoms with Gasteiger partial charge in [-0.15, -0.1) is 11.3 Å². The van der Waals surface area contributed by atoms with Crippen molar-refractivity contribution in [2.45, 2.75) is 26.3 Å². The van der Waals surface area contributed by atoms with E-state index in [0.717, 1.165) is 10.4 Å². The summed E-state index contributed by atoms with van der Waals surface area (Å²) in [6.45, 7) is 3.59. The Bertz CT molecular complexity index is 1100. The molecule has 0 bridgehead atoms. The van der Waals surface area contributed by atoms with Crippen molar-refractivity contribution in [1.82, 2.24) is 10.3 Å². The van der Waals surface area contributed by atoms with Crippen molar-refractivity contribution in [1.29, 1.82) is 0 Å². The number of hydrogen-bond donors (Lipinski definition) is 2. The van der Waals surface area contributed by atoms with Crippen molar-refractivity contribution in [3.8, 4) is 11.5 Å². The van der Waals surface area contributed by atoms with Gasteiger partial charge < -0.3 is 14.8 Å². The third kappa shape index (κ3) is 6.70. The largest absolute Gasteiger partial charge is 0.493 e. The molecule has 1 heterocycles. The Hall–Kier alpha value is -3.10. The van der Waals surface area contributed by atoms with Crippen molar-refractivity contribution >= 4 is 39.9 Å². The van der Waals surface area contributed by atoms with Crippen LogP contribution in [0.1, 0.15) is 34.6 Å². The van der Waals surface area contributed by atoms with Crippen LogP contribution in [0.4, 0.5) is 5.13 Å². The lowest BCUT2D eigenvalue weighted by atomic mass is 10.1. The molecule has 0 aliphatic heterocycles. The maximum atomic E-state index is 12.7. The first kappa shape index (κ1) is 23.6. The molecule has 0 aliphatic rings. The minimum atomic E-state index is -0.323. The van der Waals surface area contributed by atoms with Gasteiger partial charge in [0, 0.05) is 34.1 Å². The van der Waals surface area contributed by atoms with E-state index in [2.05, 4.69) is 15.6 Å². The molecule has 1 aromatic heterocycles. The zero-order chi connectivity index (χ0) is 23.1. The van der Waals surface area contributed by atoms with E-state index in [1.165, 1.54) is 18.4 Å². The Labute approximate surface area is 195 Å². The Balaban J connectivity index is 1.62.